The molecule has 0 aromatic carbocycles. The molecule has 0 spiro atoms. The van der Waals surface area contributed by atoms with E-state index in [0.29, 0.717) is 19.4 Å². The van der Waals surface area contributed by atoms with Gasteiger partial charge in [0.2, 0.25) is 0 Å². The quantitative estimate of drug-likeness (QED) is 0.327. The molecular formula is C3H3MnO6. The van der Waals surface area contributed by atoms with Gasteiger partial charge in [0, 0.05) is 0 Å². The van der Waals surface area contributed by atoms with Crippen molar-refractivity contribution in [3.8, 4) is 0 Å². The zero-order valence-corrected chi connectivity index (χ0v) is 5.62. The Hall–Kier alpha value is -1.07. The van der Waals surface area contributed by atoms with E-state index < -0.39 is 0 Å². The minimum Gasteiger partial charge on any atom is -0.665 e. The monoisotopic (exact) mass is 190 g/mol. The van der Waals surface area contributed by atoms with Gasteiger partial charge in [-0.15, -0.1) is 0 Å². The Morgan fingerprint density at radius 1 is 0.700 bits per heavy atom. The first-order valence-electron chi connectivity index (χ1n) is 1.28. The van der Waals surface area contributed by atoms with Crippen molar-refractivity contribution in [3.05, 3.63) is 0 Å². The molecule has 6 nitrogen and oxygen atoms in total. The van der Waals surface area contributed by atoms with Crippen molar-refractivity contribution in [2.75, 3.05) is 0 Å². The molecule has 0 heterocycles. The minimum absolute atomic E-state index is 0. The van der Waals surface area contributed by atoms with E-state index in [1.54, 1.807) is 0 Å². The molecule has 0 aliphatic carbocycles. The van der Waals surface area contributed by atoms with Crippen LogP contribution in [0.25, 0.3) is 0 Å². The van der Waals surface area contributed by atoms with Crippen molar-refractivity contribution < 1.29 is 46.8 Å². The molecule has 0 saturated carbocycles. The van der Waals surface area contributed by atoms with Gasteiger partial charge >= 0.3 is 17.1 Å². The summed E-state index contributed by atoms with van der Waals surface area (Å²) < 4.78 is 0. The van der Waals surface area contributed by atoms with Crippen LogP contribution < -0.4 is 0 Å². The van der Waals surface area contributed by atoms with E-state index in [-0.39, 0.29) is 17.1 Å². The second kappa shape index (κ2) is 102. The molecule has 0 bridgehead atoms. The Kier molecular flexibility index (Phi) is 236. The molecule has 0 rings (SSSR count). The summed E-state index contributed by atoms with van der Waals surface area (Å²) >= 11 is 0. The normalized spacial score (nSPS) is 3.60. The Morgan fingerprint density at radius 2 is 0.700 bits per heavy atom. The van der Waals surface area contributed by atoms with Crippen LogP contribution in [0.3, 0.4) is 0 Å². The standard InChI is InChI=1S/3CHO2.Mn/c3*2-1-3;/h3*(H,2,3);/q3*-1;+3. The van der Waals surface area contributed by atoms with Gasteiger partial charge < -0.3 is 29.7 Å². The van der Waals surface area contributed by atoms with Crippen LogP contribution in [0.1, 0.15) is 0 Å². The van der Waals surface area contributed by atoms with Gasteiger partial charge in [-0.25, -0.2) is 0 Å². The van der Waals surface area contributed by atoms with Crippen molar-refractivity contribution in [1.29, 1.82) is 0 Å². The molecule has 0 aromatic rings. The fraction of sp³-hybridized carbons (Fsp3) is 0. The fourth-order valence-electron chi connectivity index (χ4n) is 0. The first-order valence-corrected chi connectivity index (χ1v) is 1.28. The predicted molar refractivity (Wildman–Crippen MR) is 25.0 cm³/mol. The van der Waals surface area contributed by atoms with Crippen LogP contribution in [0, 0.1) is 0 Å². The van der Waals surface area contributed by atoms with Gasteiger partial charge in [0.15, 0.2) is 0 Å². The van der Waals surface area contributed by atoms with Crippen molar-refractivity contribution in [1.82, 2.24) is 0 Å². The van der Waals surface area contributed by atoms with Crippen LogP contribution in [0.5, 0.6) is 0 Å². The smallest absolute Gasteiger partial charge is 0.665 e. The maximum atomic E-state index is 8.24. The molecule has 10 heavy (non-hydrogen) atoms. The van der Waals surface area contributed by atoms with Crippen molar-refractivity contribution in [2.24, 2.45) is 0 Å². The Labute approximate surface area is 66.9 Å². The molecule has 58 valence electrons. The molecule has 0 aromatic heterocycles. The van der Waals surface area contributed by atoms with E-state index in [2.05, 4.69) is 0 Å². The van der Waals surface area contributed by atoms with Gasteiger partial charge in [0.25, 0.3) is 0 Å². The molecule has 0 fully saturated rings. The molecule has 0 radical (unpaired) electrons. The molecule has 3 N–H and O–H groups in total. The van der Waals surface area contributed by atoms with E-state index in [4.69, 9.17) is 29.7 Å². The average molecular weight is 190 g/mol. The number of rotatable bonds is 0. The summed E-state index contributed by atoms with van der Waals surface area (Å²) in [4.78, 5) is 24.7. The SMILES string of the molecule is O=[C-]O.O=[C-]O.O=[C-]O.[Mn+3]. The Morgan fingerprint density at radius 3 is 0.700 bits per heavy atom. The minimum atomic E-state index is 0. The maximum Gasteiger partial charge on any atom is 3.00 e. The van der Waals surface area contributed by atoms with Crippen molar-refractivity contribution >= 4 is 19.4 Å². The van der Waals surface area contributed by atoms with E-state index in [1.807, 2.05) is 0 Å². The maximum absolute atomic E-state index is 8.24. The zero-order chi connectivity index (χ0) is 8.12. The van der Waals surface area contributed by atoms with Crippen LogP contribution in [0.15, 0.2) is 0 Å². The van der Waals surface area contributed by atoms with E-state index >= 15 is 0 Å². The van der Waals surface area contributed by atoms with E-state index in [9.17, 15) is 0 Å². The first-order chi connectivity index (χ1) is 4.24. The molecule has 0 atom stereocenters. The van der Waals surface area contributed by atoms with Crippen LogP contribution >= 0.6 is 0 Å². The first kappa shape index (κ1) is 23.1. The predicted octanol–water partition coefficient (Wildman–Crippen LogP) is -1.17. The van der Waals surface area contributed by atoms with Gasteiger partial charge in [-0.3, -0.25) is 0 Å². The summed E-state index contributed by atoms with van der Waals surface area (Å²) in [5.74, 6) is 0. The van der Waals surface area contributed by atoms with Crippen LogP contribution in [0.4, 0.5) is 0 Å². The number of hydrogen-bond acceptors (Lipinski definition) is 3. The fourth-order valence-corrected chi connectivity index (χ4v) is 0. The van der Waals surface area contributed by atoms with Gasteiger partial charge in [-0.05, 0) is 0 Å². The van der Waals surface area contributed by atoms with E-state index in [1.165, 1.54) is 0 Å². The Bertz CT molecular complexity index is 49.7. The van der Waals surface area contributed by atoms with Crippen LogP contribution in [0.2, 0.25) is 0 Å². The van der Waals surface area contributed by atoms with Crippen LogP contribution in [-0.2, 0) is 31.5 Å². The second-order valence-electron chi connectivity index (χ2n) is 0.274. The Balaban J connectivity index is -0.0000000257. The average Bonchev–Trinajstić information content (AvgIpc) is 1.70. The van der Waals surface area contributed by atoms with Crippen molar-refractivity contribution in [2.45, 2.75) is 0 Å². The number of aliphatic hydroxyl groups excluding tert-OH is 3. The van der Waals surface area contributed by atoms with Gasteiger partial charge in [-0.1, -0.05) is 19.4 Å². The summed E-state index contributed by atoms with van der Waals surface area (Å²) in [5.41, 5.74) is 0. The topological polar surface area (TPSA) is 112 Å². The third kappa shape index (κ3) is 213. The third-order valence-corrected chi connectivity index (χ3v) is 0. The summed E-state index contributed by atoms with van der Waals surface area (Å²) in [6.07, 6.45) is 0. The molecule has 0 unspecified atom stereocenters. The molecule has 7 heteroatoms. The molecule has 0 aliphatic rings. The largest absolute Gasteiger partial charge is 3.00 e. The van der Waals surface area contributed by atoms with Crippen molar-refractivity contribution in [3.63, 3.8) is 0 Å². The van der Waals surface area contributed by atoms with Gasteiger partial charge in [-0.2, -0.15) is 0 Å². The van der Waals surface area contributed by atoms with Crippen LogP contribution in [-0.4, -0.2) is 34.7 Å². The zero-order valence-electron chi connectivity index (χ0n) is 4.44. The van der Waals surface area contributed by atoms with E-state index in [0.717, 1.165) is 0 Å². The molecule has 0 aliphatic heterocycles. The molecule has 0 amide bonds. The summed E-state index contributed by atoms with van der Waals surface area (Å²) in [7, 11) is 0. The summed E-state index contributed by atoms with van der Waals surface area (Å²) in [6, 6.07) is 0. The van der Waals surface area contributed by atoms with Gasteiger partial charge in [0.1, 0.15) is 0 Å². The molecular weight excluding hydrogens is 187 g/mol. The third-order valence-electron chi connectivity index (χ3n) is 0. The van der Waals surface area contributed by atoms with Gasteiger partial charge in [0.05, 0.1) is 0 Å². The number of hydrogen-bond donors (Lipinski definition) is 3. The second-order valence-corrected chi connectivity index (χ2v) is 0.274. The molecule has 0 saturated heterocycles. The summed E-state index contributed by atoms with van der Waals surface area (Å²) in [6.45, 7) is 1.50. The summed E-state index contributed by atoms with van der Waals surface area (Å²) in [5, 5.41) is 20.3.